The predicted octanol–water partition coefficient (Wildman–Crippen LogP) is 2.51. The number of aliphatic hydroxyl groups is 1. The number of para-hydroxylation sites is 1. The lowest BCUT2D eigenvalue weighted by Crippen LogP contribution is -2.30. The SMILES string of the molecule is CC(C)(CO)c1ccccc1OC1CCCOC1. The van der Waals surface area contributed by atoms with E-state index in [0.717, 1.165) is 30.8 Å². The summed E-state index contributed by atoms with van der Waals surface area (Å²) in [5.41, 5.74) is 0.768. The molecule has 1 aromatic rings. The minimum atomic E-state index is -0.286. The Bertz CT molecular complexity index is 381. The largest absolute Gasteiger partial charge is 0.488 e. The number of rotatable bonds is 4. The molecule has 0 bridgehead atoms. The fourth-order valence-electron chi connectivity index (χ4n) is 2.20. The first kappa shape index (κ1) is 13.4. The second kappa shape index (κ2) is 5.72. The molecule has 1 unspecified atom stereocenters. The molecule has 0 spiro atoms. The zero-order valence-corrected chi connectivity index (χ0v) is 11.2. The molecule has 1 N–H and O–H groups in total. The fourth-order valence-corrected chi connectivity index (χ4v) is 2.20. The van der Waals surface area contributed by atoms with Crippen LogP contribution in [-0.2, 0) is 10.2 Å². The van der Waals surface area contributed by atoms with Crippen LogP contribution in [0.1, 0.15) is 32.3 Å². The predicted molar refractivity (Wildman–Crippen MR) is 71.0 cm³/mol. The van der Waals surface area contributed by atoms with E-state index in [1.165, 1.54) is 0 Å². The van der Waals surface area contributed by atoms with E-state index in [4.69, 9.17) is 9.47 Å². The molecule has 3 heteroatoms. The Hall–Kier alpha value is -1.06. The maximum absolute atomic E-state index is 9.50. The average molecular weight is 250 g/mol. The Morgan fingerprint density at radius 2 is 2.17 bits per heavy atom. The summed E-state index contributed by atoms with van der Waals surface area (Å²) < 4.78 is 11.5. The summed E-state index contributed by atoms with van der Waals surface area (Å²) in [6, 6.07) is 7.95. The average Bonchev–Trinajstić information content (AvgIpc) is 2.40. The molecule has 1 fully saturated rings. The van der Waals surface area contributed by atoms with Crippen LogP contribution in [0.5, 0.6) is 5.75 Å². The van der Waals surface area contributed by atoms with Gasteiger partial charge in [0.1, 0.15) is 11.9 Å². The minimum Gasteiger partial charge on any atom is -0.488 e. The van der Waals surface area contributed by atoms with Crippen LogP contribution in [0.4, 0.5) is 0 Å². The van der Waals surface area contributed by atoms with Crippen LogP contribution >= 0.6 is 0 Å². The van der Waals surface area contributed by atoms with Gasteiger partial charge in [0.2, 0.25) is 0 Å². The van der Waals surface area contributed by atoms with Crippen LogP contribution in [-0.4, -0.2) is 31.0 Å². The summed E-state index contributed by atoms with van der Waals surface area (Å²) in [6.45, 7) is 5.64. The quantitative estimate of drug-likeness (QED) is 0.892. The molecule has 0 amide bonds. The summed E-state index contributed by atoms with van der Waals surface area (Å²) in [7, 11) is 0. The van der Waals surface area contributed by atoms with Crippen molar-refractivity contribution in [3.63, 3.8) is 0 Å². The van der Waals surface area contributed by atoms with E-state index in [0.29, 0.717) is 6.61 Å². The summed E-state index contributed by atoms with van der Waals surface area (Å²) in [5, 5.41) is 9.50. The van der Waals surface area contributed by atoms with Gasteiger partial charge in [0.15, 0.2) is 0 Å². The lowest BCUT2D eigenvalue weighted by molar-refractivity contribution is 0.00643. The molecule has 100 valence electrons. The van der Waals surface area contributed by atoms with Crippen LogP contribution in [0, 0.1) is 0 Å². The van der Waals surface area contributed by atoms with E-state index in [2.05, 4.69) is 0 Å². The lowest BCUT2D eigenvalue weighted by Gasteiger charge is -2.29. The normalized spacial score (nSPS) is 20.7. The maximum Gasteiger partial charge on any atom is 0.123 e. The molecule has 3 nitrogen and oxygen atoms in total. The minimum absolute atomic E-state index is 0.106. The molecule has 1 heterocycles. The van der Waals surface area contributed by atoms with Crippen molar-refractivity contribution in [1.29, 1.82) is 0 Å². The van der Waals surface area contributed by atoms with Gasteiger partial charge in [-0.05, 0) is 18.9 Å². The van der Waals surface area contributed by atoms with Crippen LogP contribution in [0.2, 0.25) is 0 Å². The number of benzene rings is 1. The maximum atomic E-state index is 9.50. The van der Waals surface area contributed by atoms with Crippen LogP contribution in [0.3, 0.4) is 0 Å². The van der Waals surface area contributed by atoms with Crippen molar-refractivity contribution in [2.24, 2.45) is 0 Å². The summed E-state index contributed by atoms with van der Waals surface area (Å²) in [4.78, 5) is 0. The molecule has 1 atom stereocenters. The molecule has 0 radical (unpaired) electrons. The van der Waals surface area contributed by atoms with Crippen molar-refractivity contribution in [2.45, 2.75) is 38.2 Å². The zero-order valence-electron chi connectivity index (χ0n) is 11.2. The van der Waals surface area contributed by atoms with Crippen LogP contribution in [0.25, 0.3) is 0 Å². The zero-order chi connectivity index (χ0) is 13.0. The van der Waals surface area contributed by atoms with Crippen molar-refractivity contribution in [2.75, 3.05) is 19.8 Å². The van der Waals surface area contributed by atoms with E-state index in [1.807, 2.05) is 38.1 Å². The summed E-state index contributed by atoms with van der Waals surface area (Å²) in [6.07, 6.45) is 2.22. The van der Waals surface area contributed by atoms with Gasteiger partial charge in [-0.1, -0.05) is 32.0 Å². The van der Waals surface area contributed by atoms with Gasteiger partial charge < -0.3 is 14.6 Å². The highest BCUT2D eigenvalue weighted by Crippen LogP contribution is 2.32. The Kier molecular flexibility index (Phi) is 4.25. The third-order valence-electron chi connectivity index (χ3n) is 3.42. The highest BCUT2D eigenvalue weighted by atomic mass is 16.5. The topological polar surface area (TPSA) is 38.7 Å². The molecule has 1 aromatic carbocycles. The molecular weight excluding hydrogens is 228 g/mol. The molecule has 2 rings (SSSR count). The second-order valence-electron chi connectivity index (χ2n) is 5.50. The standard InChI is InChI=1S/C15H22O3/c1-15(2,11-16)13-7-3-4-8-14(13)18-12-6-5-9-17-10-12/h3-4,7-8,12,16H,5-6,9-11H2,1-2H3. The smallest absolute Gasteiger partial charge is 0.123 e. The van der Waals surface area contributed by atoms with Gasteiger partial charge in [-0.3, -0.25) is 0 Å². The fraction of sp³-hybridized carbons (Fsp3) is 0.600. The van der Waals surface area contributed by atoms with Gasteiger partial charge in [0.05, 0.1) is 13.2 Å². The van der Waals surface area contributed by atoms with Gasteiger partial charge in [0, 0.05) is 17.6 Å². The second-order valence-corrected chi connectivity index (χ2v) is 5.50. The number of hydrogen-bond acceptors (Lipinski definition) is 3. The molecule has 1 aliphatic rings. The molecule has 0 saturated carbocycles. The number of hydrogen-bond donors (Lipinski definition) is 1. The van der Waals surface area contributed by atoms with Crippen molar-refractivity contribution in [3.05, 3.63) is 29.8 Å². The molecule has 1 saturated heterocycles. The molecular formula is C15H22O3. The number of ether oxygens (including phenoxy) is 2. The van der Waals surface area contributed by atoms with Crippen molar-refractivity contribution in [1.82, 2.24) is 0 Å². The number of aliphatic hydroxyl groups excluding tert-OH is 1. The lowest BCUT2D eigenvalue weighted by atomic mass is 9.85. The van der Waals surface area contributed by atoms with Crippen molar-refractivity contribution >= 4 is 0 Å². The first-order chi connectivity index (χ1) is 8.63. The summed E-state index contributed by atoms with van der Waals surface area (Å²) >= 11 is 0. The van der Waals surface area contributed by atoms with E-state index >= 15 is 0 Å². The van der Waals surface area contributed by atoms with E-state index in [9.17, 15) is 5.11 Å². The van der Waals surface area contributed by atoms with Crippen LogP contribution in [0.15, 0.2) is 24.3 Å². The van der Waals surface area contributed by atoms with E-state index < -0.39 is 0 Å². The molecule has 18 heavy (non-hydrogen) atoms. The Labute approximate surface area is 109 Å². The van der Waals surface area contributed by atoms with Gasteiger partial charge in [0.25, 0.3) is 0 Å². The summed E-state index contributed by atoms with van der Waals surface area (Å²) in [5.74, 6) is 0.868. The third-order valence-corrected chi connectivity index (χ3v) is 3.42. The van der Waals surface area contributed by atoms with Crippen molar-refractivity contribution in [3.8, 4) is 5.75 Å². The molecule has 1 aliphatic heterocycles. The monoisotopic (exact) mass is 250 g/mol. The third kappa shape index (κ3) is 3.03. The van der Waals surface area contributed by atoms with Gasteiger partial charge in [-0.2, -0.15) is 0 Å². The first-order valence-corrected chi connectivity index (χ1v) is 6.58. The molecule has 0 aromatic heterocycles. The van der Waals surface area contributed by atoms with Crippen molar-refractivity contribution < 1.29 is 14.6 Å². The van der Waals surface area contributed by atoms with Gasteiger partial charge in [-0.15, -0.1) is 0 Å². The van der Waals surface area contributed by atoms with E-state index in [-0.39, 0.29) is 18.1 Å². The van der Waals surface area contributed by atoms with E-state index in [1.54, 1.807) is 0 Å². The van der Waals surface area contributed by atoms with Gasteiger partial charge in [-0.25, -0.2) is 0 Å². The molecule has 0 aliphatic carbocycles. The first-order valence-electron chi connectivity index (χ1n) is 6.58. The van der Waals surface area contributed by atoms with Crippen LogP contribution < -0.4 is 4.74 Å². The Balaban J connectivity index is 2.16. The Morgan fingerprint density at radius 1 is 1.39 bits per heavy atom. The highest BCUT2D eigenvalue weighted by molar-refractivity contribution is 5.39. The Morgan fingerprint density at radius 3 is 2.83 bits per heavy atom. The highest BCUT2D eigenvalue weighted by Gasteiger charge is 2.25. The van der Waals surface area contributed by atoms with Gasteiger partial charge >= 0.3 is 0 Å².